The van der Waals surface area contributed by atoms with E-state index in [1.807, 2.05) is 43.4 Å². The van der Waals surface area contributed by atoms with Crippen LogP contribution in [0.5, 0.6) is 11.5 Å². The van der Waals surface area contributed by atoms with Crippen LogP contribution in [-0.2, 0) is 14.2 Å². The highest BCUT2D eigenvalue weighted by molar-refractivity contribution is 6.30. The second-order valence-corrected chi connectivity index (χ2v) is 9.54. The number of aryl methyl sites for hydroxylation is 1. The molecule has 3 N–H and O–H groups in total. The van der Waals surface area contributed by atoms with Gasteiger partial charge in [-0.05, 0) is 69.8 Å². The van der Waals surface area contributed by atoms with Crippen molar-refractivity contribution in [2.24, 2.45) is 15.9 Å². The topological polar surface area (TPSA) is 112 Å². The molecule has 0 atom stereocenters. The third-order valence-corrected chi connectivity index (χ3v) is 6.13. The van der Waals surface area contributed by atoms with Gasteiger partial charge in [0, 0.05) is 31.9 Å². The van der Waals surface area contributed by atoms with E-state index in [1.54, 1.807) is 6.21 Å². The van der Waals surface area contributed by atoms with Gasteiger partial charge in [-0.25, -0.2) is 0 Å². The average Bonchev–Trinajstić information content (AvgIpc) is 2.99. The molecular weight excluding hydrogens is 522 g/mol. The Morgan fingerprint density at radius 2 is 1.41 bits per heavy atom. The normalized spacial score (nSPS) is 11.9. The van der Waals surface area contributed by atoms with Crippen LogP contribution in [-0.4, -0.2) is 103 Å². The van der Waals surface area contributed by atoms with Gasteiger partial charge in [-0.3, -0.25) is 4.99 Å². The number of unbranched alkanes of at least 4 members (excludes halogenated alkanes) is 1. The van der Waals surface area contributed by atoms with Crippen LogP contribution >= 0.6 is 0 Å². The van der Waals surface area contributed by atoms with E-state index in [9.17, 15) is 0 Å². The number of hydrogen-bond donors (Lipinski definition) is 2. The predicted octanol–water partition coefficient (Wildman–Crippen LogP) is 4.03. The molecule has 0 fully saturated rings. The number of aliphatic imine (C=N–C) groups is 1. The highest BCUT2D eigenvalue weighted by Crippen LogP contribution is 2.15. The number of benzene rings is 2. The van der Waals surface area contributed by atoms with Gasteiger partial charge in [0.05, 0.1) is 58.5 Å². The predicted molar refractivity (Wildman–Crippen MR) is 167 cm³/mol. The zero-order chi connectivity index (χ0) is 29.4. The Balaban J connectivity index is 1.35. The molecule has 0 bridgehead atoms. The van der Waals surface area contributed by atoms with Crippen LogP contribution in [0.1, 0.15) is 24.8 Å². The zero-order valence-corrected chi connectivity index (χ0v) is 25.1. The van der Waals surface area contributed by atoms with Gasteiger partial charge in [0.15, 0.2) is 0 Å². The summed E-state index contributed by atoms with van der Waals surface area (Å²) in [7, 11) is 4.00. The minimum atomic E-state index is 0.487. The summed E-state index contributed by atoms with van der Waals surface area (Å²) >= 11 is 0. The molecule has 0 radical (unpaired) electrons. The molecule has 0 amide bonds. The summed E-state index contributed by atoms with van der Waals surface area (Å²) in [6, 6.07) is 16.0. The maximum absolute atomic E-state index is 5.78. The molecule has 228 valence electrons. The Kier molecular flexibility index (Phi) is 18.7. The number of hydrogen-bond acceptors (Lipinski definition) is 10. The summed E-state index contributed by atoms with van der Waals surface area (Å²) in [5, 5.41) is 6.85. The van der Waals surface area contributed by atoms with Gasteiger partial charge < -0.3 is 39.7 Å². The smallest absolute Gasteiger partial charge is 0.119 e. The highest BCUT2D eigenvalue weighted by atomic mass is 16.5. The molecule has 10 nitrogen and oxygen atoms in total. The summed E-state index contributed by atoms with van der Waals surface area (Å²) in [5.74, 6) is 7.23. The van der Waals surface area contributed by atoms with E-state index in [0.717, 1.165) is 49.7 Å². The highest BCUT2D eigenvalue weighted by Gasteiger charge is 2.01. The van der Waals surface area contributed by atoms with Crippen molar-refractivity contribution in [3.63, 3.8) is 0 Å². The molecule has 0 unspecified atom stereocenters. The summed E-state index contributed by atoms with van der Waals surface area (Å²) in [5.41, 5.74) is 2.98. The third-order valence-electron chi connectivity index (χ3n) is 6.13. The van der Waals surface area contributed by atoms with E-state index in [-0.39, 0.29) is 0 Å². The van der Waals surface area contributed by atoms with Crippen molar-refractivity contribution in [3.05, 3.63) is 54.1 Å². The van der Waals surface area contributed by atoms with E-state index in [4.69, 9.17) is 29.5 Å². The van der Waals surface area contributed by atoms with Gasteiger partial charge in [-0.2, -0.15) is 5.10 Å². The number of anilines is 1. The number of nitrogens with two attached hydrogens (primary N) is 1. The van der Waals surface area contributed by atoms with E-state index in [0.29, 0.717) is 64.9 Å². The SMILES string of the molecule is CNc1ccc(OCCOCCN=C/C(CCOCCOCCN(C)CCCCOc2ccc(C)cc2)=N\N)cc1. The Labute approximate surface area is 245 Å². The first-order chi connectivity index (χ1) is 20.1. The number of nitrogens with one attached hydrogen (secondary N) is 1. The lowest BCUT2D eigenvalue weighted by Crippen LogP contribution is -2.25. The molecule has 10 heteroatoms. The number of rotatable bonds is 24. The first-order valence-electron chi connectivity index (χ1n) is 14.4. The molecule has 41 heavy (non-hydrogen) atoms. The van der Waals surface area contributed by atoms with Gasteiger partial charge in [-0.15, -0.1) is 0 Å². The summed E-state index contributed by atoms with van der Waals surface area (Å²) < 4.78 is 28.3. The van der Waals surface area contributed by atoms with Crippen molar-refractivity contribution in [1.29, 1.82) is 0 Å². The molecule has 0 aliphatic carbocycles. The van der Waals surface area contributed by atoms with Crippen LogP contribution < -0.4 is 20.6 Å². The second-order valence-electron chi connectivity index (χ2n) is 9.54. The fourth-order valence-electron chi connectivity index (χ4n) is 3.63. The second kappa shape index (κ2) is 22.5. The van der Waals surface area contributed by atoms with Gasteiger partial charge in [-0.1, -0.05) is 17.7 Å². The molecule has 0 aliphatic heterocycles. The fourth-order valence-corrected chi connectivity index (χ4v) is 3.63. The molecule has 2 rings (SSSR count). The van der Waals surface area contributed by atoms with E-state index >= 15 is 0 Å². The molecule has 0 saturated carbocycles. The van der Waals surface area contributed by atoms with Crippen molar-refractivity contribution in [3.8, 4) is 11.5 Å². The summed E-state index contributed by atoms with van der Waals surface area (Å²) in [6.45, 7) is 9.03. The summed E-state index contributed by atoms with van der Waals surface area (Å²) in [4.78, 5) is 6.60. The molecule has 2 aromatic carbocycles. The Hall–Kier alpha value is -3.18. The minimum absolute atomic E-state index is 0.487. The van der Waals surface area contributed by atoms with Crippen molar-refractivity contribution in [2.75, 3.05) is 91.9 Å². The van der Waals surface area contributed by atoms with E-state index in [2.05, 4.69) is 46.4 Å². The average molecular weight is 572 g/mol. The lowest BCUT2D eigenvalue weighted by molar-refractivity contribution is 0.0431. The molecule has 2 aromatic rings. The number of likely N-dealkylation sites (N-methyl/N-ethyl adjacent to an activating group) is 1. The lowest BCUT2D eigenvalue weighted by Gasteiger charge is -2.16. The van der Waals surface area contributed by atoms with Crippen LogP contribution in [0.25, 0.3) is 0 Å². The van der Waals surface area contributed by atoms with Crippen molar-refractivity contribution < 1.29 is 23.7 Å². The van der Waals surface area contributed by atoms with Crippen LogP contribution in [0.15, 0.2) is 58.6 Å². The van der Waals surface area contributed by atoms with Gasteiger partial charge in [0.2, 0.25) is 0 Å². The maximum Gasteiger partial charge on any atom is 0.119 e. The Bertz CT molecular complexity index is 970. The zero-order valence-electron chi connectivity index (χ0n) is 25.1. The van der Waals surface area contributed by atoms with Crippen LogP contribution in [0.3, 0.4) is 0 Å². The van der Waals surface area contributed by atoms with E-state index in [1.165, 1.54) is 5.56 Å². The quantitative estimate of drug-likeness (QED) is 0.0841. The molecule has 0 heterocycles. The van der Waals surface area contributed by atoms with Crippen molar-refractivity contribution in [1.82, 2.24) is 4.90 Å². The van der Waals surface area contributed by atoms with Crippen molar-refractivity contribution >= 4 is 17.6 Å². The summed E-state index contributed by atoms with van der Waals surface area (Å²) in [6.07, 6.45) is 4.39. The molecule has 0 aromatic heterocycles. The minimum Gasteiger partial charge on any atom is -0.494 e. The van der Waals surface area contributed by atoms with Crippen LogP contribution in [0, 0.1) is 6.92 Å². The van der Waals surface area contributed by atoms with Crippen LogP contribution in [0.2, 0.25) is 0 Å². The Morgan fingerprint density at radius 3 is 2.12 bits per heavy atom. The molecular formula is C31H49N5O5. The third kappa shape index (κ3) is 17.3. The van der Waals surface area contributed by atoms with E-state index < -0.39 is 0 Å². The Morgan fingerprint density at radius 1 is 0.780 bits per heavy atom. The van der Waals surface area contributed by atoms with Crippen LogP contribution in [0.4, 0.5) is 5.69 Å². The number of nitrogens with zero attached hydrogens (tertiary/aromatic N) is 3. The molecule has 0 aliphatic rings. The largest absolute Gasteiger partial charge is 0.494 e. The lowest BCUT2D eigenvalue weighted by atomic mass is 10.2. The standard InChI is InChI=1S/C31H49N5O5/c1-27-6-10-30(11-7-27)40-18-5-4-16-36(3)17-21-39-23-22-37-19-14-29(35-32)26-34-15-20-38-24-25-41-31-12-8-28(33-2)9-13-31/h6-13,26,33H,4-5,14-25,32H2,1-3H3/b34-26?,35-29-. The van der Waals surface area contributed by atoms with Crippen molar-refractivity contribution in [2.45, 2.75) is 26.2 Å². The first kappa shape index (κ1) is 34.0. The number of hydrazone groups is 1. The molecule has 0 spiro atoms. The van der Waals surface area contributed by atoms with Gasteiger partial charge in [0.25, 0.3) is 0 Å². The van der Waals surface area contributed by atoms with Gasteiger partial charge >= 0.3 is 0 Å². The first-order valence-corrected chi connectivity index (χ1v) is 14.4. The maximum atomic E-state index is 5.78. The fraction of sp³-hybridized carbons (Fsp3) is 0.548. The molecule has 0 saturated heterocycles. The monoisotopic (exact) mass is 571 g/mol. The van der Waals surface area contributed by atoms with Gasteiger partial charge in [0.1, 0.15) is 18.1 Å². The number of ether oxygens (including phenoxy) is 5.